The van der Waals surface area contributed by atoms with E-state index in [0.29, 0.717) is 0 Å². The van der Waals surface area contributed by atoms with E-state index in [9.17, 15) is 0 Å². The van der Waals surface area contributed by atoms with Crippen LogP contribution in [0.15, 0.2) is 182 Å². The molecule has 0 atom stereocenters. The Balaban J connectivity index is 1.17. The Bertz CT molecular complexity index is 2850. The Labute approximate surface area is 314 Å². The first-order valence-electron chi connectivity index (χ1n) is 18.5. The van der Waals surface area contributed by atoms with E-state index >= 15 is 0 Å². The molecule has 0 saturated heterocycles. The van der Waals surface area contributed by atoms with Gasteiger partial charge in [0.15, 0.2) is 0 Å². The van der Waals surface area contributed by atoms with E-state index < -0.39 is 0 Å². The first-order chi connectivity index (χ1) is 26.7. The third-order valence-corrected chi connectivity index (χ3v) is 10.9. The number of hydrogen-bond acceptors (Lipinski definition) is 3. The highest BCUT2D eigenvalue weighted by molar-refractivity contribution is 6.98. The van der Waals surface area contributed by atoms with Crippen LogP contribution in [0.5, 0.6) is 23.0 Å². The molecule has 0 fully saturated rings. The molecule has 4 nitrogen and oxygen atoms in total. The van der Waals surface area contributed by atoms with Crippen LogP contribution < -0.4 is 30.8 Å². The SMILES string of the molecule is Cc1cc2c3c(c1)Oc1cc4c5ccc(N(c6ccccc6)c6ccccc6)cc5n(-c5ccccc5)c4cc1B3c1cc(-c3ccccc3)ccc1O2. The van der Waals surface area contributed by atoms with Gasteiger partial charge in [0, 0.05) is 39.0 Å². The van der Waals surface area contributed by atoms with Gasteiger partial charge in [-0.25, -0.2) is 0 Å². The fourth-order valence-corrected chi connectivity index (χ4v) is 8.54. The average molecular weight is 693 g/mol. The molecular weight excluding hydrogens is 659 g/mol. The van der Waals surface area contributed by atoms with Gasteiger partial charge < -0.3 is 18.9 Å². The maximum absolute atomic E-state index is 6.89. The van der Waals surface area contributed by atoms with Crippen molar-refractivity contribution in [2.45, 2.75) is 6.92 Å². The lowest BCUT2D eigenvalue weighted by Gasteiger charge is -2.33. The van der Waals surface area contributed by atoms with Crippen molar-refractivity contribution in [2.24, 2.45) is 0 Å². The van der Waals surface area contributed by atoms with Crippen molar-refractivity contribution >= 4 is 62.0 Å². The van der Waals surface area contributed by atoms with Crippen LogP contribution in [0.2, 0.25) is 0 Å². The zero-order valence-corrected chi connectivity index (χ0v) is 29.6. The van der Waals surface area contributed by atoms with Crippen molar-refractivity contribution in [3.05, 3.63) is 188 Å². The molecule has 0 spiro atoms. The number of aromatic nitrogens is 1. The van der Waals surface area contributed by atoms with Gasteiger partial charge in [0.05, 0.1) is 11.0 Å². The van der Waals surface area contributed by atoms with Crippen LogP contribution >= 0.6 is 0 Å². The van der Waals surface area contributed by atoms with Gasteiger partial charge in [0.25, 0.3) is 6.71 Å². The van der Waals surface area contributed by atoms with Crippen LogP contribution in [0.1, 0.15) is 5.56 Å². The number of nitrogens with zero attached hydrogens (tertiary/aromatic N) is 2. The predicted octanol–water partition coefficient (Wildman–Crippen LogP) is 11.0. The van der Waals surface area contributed by atoms with Crippen LogP contribution in [0.4, 0.5) is 17.1 Å². The number of aryl methyl sites for hydroxylation is 1. The summed E-state index contributed by atoms with van der Waals surface area (Å²) in [4.78, 5) is 2.32. The summed E-state index contributed by atoms with van der Waals surface area (Å²) in [7, 11) is 0. The first kappa shape index (κ1) is 30.6. The summed E-state index contributed by atoms with van der Waals surface area (Å²) in [5, 5.41) is 2.31. The topological polar surface area (TPSA) is 26.6 Å². The summed E-state index contributed by atoms with van der Waals surface area (Å²) in [6.07, 6.45) is 0. The molecule has 9 aromatic rings. The Morgan fingerprint density at radius 2 is 1.04 bits per heavy atom. The van der Waals surface area contributed by atoms with Gasteiger partial charge in [-0.05, 0) is 113 Å². The third-order valence-electron chi connectivity index (χ3n) is 10.9. The summed E-state index contributed by atoms with van der Waals surface area (Å²) in [6.45, 7) is 2.03. The van der Waals surface area contributed by atoms with Crippen LogP contribution in [-0.2, 0) is 0 Å². The van der Waals surface area contributed by atoms with E-state index in [4.69, 9.17) is 9.47 Å². The largest absolute Gasteiger partial charge is 0.458 e. The summed E-state index contributed by atoms with van der Waals surface area (Å²) in [5.74, 6) is 3.47. The van der Waals surface area contributed by atoms with Gasteiger partial charge in [0.1, 0.15) is 23.0 Å². The molecule has 1 aromatic heterocycles. The molecule has 2 aliphatic rings. The van der Waals surface area contributed by atoms with Crippen molar-refractivity contribution in [3.8, 4) is 39.8 Å². The van der Waals surface area contributed by atoms with Gasteiger partial charge in [-0.3, -0.25) is 0 Å². The maximum Gasteiger partial charge on any atom is 0.260 e. The van der Waals surface area contributed by atoms with Crippen molar-refractivity contribution in [1.29, 1.82) is 0 Å². The summed E-state index contributed by atoms with van der Waals surface area (Å²) in [5.41, 5.74) is 13.4. The van der Waals surface area contributed by atoms with E-state index in [1.807, 2.05) is 0 Å². The minimum absolute atomic E-state index is 0.0689. The van der Waals surface area contributed by atoms with E-state index in [-0.39, 0.29) is 6.71 Å². The second kappa shape index (κ2) is 12.0. The number of benzene rings is 8. The smallest absolute Gasteiger partial charge is 0.260 e. The number of rotatable bonds is 5. The molecule has 0 amide bonds. The van der Waals surface area contributed by atoms with E-state index in [1.165, 1.54) is 10.9 Å². The molecule has 2 aliphatic heterocycles. The molecular formula is C49H33BN2O2. The van der Waals surface area contributed by atoms with Crippen LogP contribution in [0.25, 0.3) is 38.6 Å². The fourth-order valence-electron chi connectivity index (χ4n) is 8.54. The molecule has 254 valence electrons. The number of para-hydroxylation sites is 3. The van der Waals surface area contributed by atoms with Gasteiger partial charge >= 0.3 is 0 Å². The number of anilines is 3. The summed E-state index contributed by atoms with van der Waals surface area (Å²) >= 11 is 0. The molecule has 0 bridgehead atoms. The molecule has 0 N–H and O–H groups in total. The molecule has 0 saturated carbocycles. The summed E-state index contributed by atoms with van der Waals surface area (Å²) in [6, 6.07) is 64.8. The number of ether oxygens (including phenoxy) is 2. The van der Waals surface area contributed by atoms with Crippen molar-refractivity contribution in [3.63, 3.8) is 0 Å². The lowest BCUT2D eigenvalue weighted by Crippen LogP contribution is -2.57. The Morgan fingerprint density at radius 1 is 0.444 bits per heavy atom. The zero-order chi connectivity index (χ0) is 35.8. The summed E-state index contributed by atoms with van der Waals surface area (Å²) < 4.78 is 16.0. The molecule has 3 heterocycles. The van der Waals surface area contributed by atoms with Crippen molar-refractivity contribution in [2.75, 3.05) is 4.90 Å². The molecule has 8 aromatic carbocycles. The molecule has 11 rings (SSSR count). The third kappa shape index (κ3) is 4.79. The van der Waals surface area contributed by atoms with Gasteiger partial charge in [-0.2, -0.15) is 0 Å². The molecule has 0 radical (unpaired) electrons. The van der Waals surface area contributed by atoms with Crippen LogP contribution in [0.3, 0.4) is 0 Å². The predicted molar refractivity (Wildman–Crippen MR) is 223 cm³/mol. The van der Waals surface area contributed by atoms with Gasteiger partial charge in [0.2, 0.25) is 0 Å². The minimum Gasteiger partial charge on any atom is -0.458 e. The molecule has 0 aliphatic carbocycles. The highest BCUT2D eigenvalue weighted by Gasteiger charge is 2.41. The molecule has 0 unspecified atom stereocenters. The molecule has 54 heavy (non-hydrogen) atoms. The quantitative estimate of drug-likeness (QED) is 0.168. The second-order valence-electron chi connectivity index (χ2n) is 14.2. The van der Waals surface area contributed by atoms with Crippen LogP contribution in [0, 0.1) is 6.92 Å². The fraction of sp³-hybridized carbons (Fsp3) is 0.0204. The van der Waals surface area contributed by atoms with E-state index in [0.717, 1.165) is 89.7 Å². The maximum atomic E-state index is 6.89. The minimum atomic E-state index is -0.0689. The lowest BCUT2D eigenvalue weighted by molar-refractivity contribution is 0.464. The van der Waals surface area contributed by atoms with E-state index in [2.05, 4.69) is 198 Å². The lowest BCUT2D eigenvalue weighted by atomic mass is 9.34. The monoisotopic (exact) mass is 692 g/mol. The standard InChI is InChI=1S/C49H33BN2O2/c1-32-26-47-49-48(27-32)54-46-30-40-39-24-23-38(51(35-16-8-3-9-17-35)36-18-10-4-11-19-36)29-43(39)52(37-20-12-5-13-21-37)44(40)31-42(46)50(49)41-28-34(22-25-45(41)53-47)33-14-6-2-7-15-33/h2-31H,1H3. The Morgan fingerprint density at radius 3 is 1.72 bits per heavy atom. The Kier molecular flexibility index (Phi) is 6.83. The average Bonchev–Trinajstić information content (AvgIpc) is 3.53. The highest BCUT2D eigenvalue weighted by Crippen LogP contribution is 2.42. The molecule has 5 heteroatoms. The van der Waals surface area contributed by atoms with Crippen molar-refractivity contribution in [1.82, 2.24) is 4.57 Å². The van der Waals surface area contributed by atoms with Gasteiger partial charge in [-0.1, -0.05) is 103 Å². The number of fused-ring (bicyclic) bond motifs is 7. The normalized spacial score (nSPS) is 12.4. The van der Waals surface area contributed by atoms with Crippen LogP contribution in [-0.4, -0.2) is 11.3 Å². The highest BCUT2D eigenvalue weighted by atomic mass is 16.5. The second-order valence-corrected chi connectivity index (χ2v) is 14.2. The number of hydrogen-bond donors (Lipinski definition) is 0. The van der Waals surface area contributed by atoms with E-state index in [1.54, 1.807) is 0 Å². The zero-order valence-electron chi connectivity index (χ0n) is 29.6. The Hall–Kier alpha value is -6.98. The van der Waals surface area contributed by atoms with Crippen molar-refractivity contribution < 1.29 is 9.47 Å². The first-order valence-corrected chi connectivity index (χ1v) is 18.5. The van der Waals surface area contributed by atoms with Gasteiger partial charge in [-0.15, -0.1) is 0 Å².